The van der Waals surface area contributed by atoms with Crippen molar-refractivity contribution in [2.24, 2.45) is 0 Å². The third-order valence-electron chi connectivity index (χ3n) is 4.84. The molecule has 0 aliphatic carbocycles. The molecule has 0 spiro atoms. The Kier molecular flexibility index (Phi) is 4.25. The number of rotatable bonds is 3. The van der Waals surface area contributed by atoms with E-state index in [0.29, 0.717) is 23.0 Å². The lowest BCUT2D eigenvalue weighted by Crippen LogP contribution is -2.40. The first-order valence-corrected chi connectivity index (χ1v) is 9.65. The molecular weight excluding hydrogens is 332 g/mol. The van der Waals surface area contributed by atoms with Crippen molar-refractivity contribution in [1.82, 2.24) is 4.90 Å². The maximum Gasteiger partial charge on any atom is 0.256 e. The number of anilines is 1. The third-order valence-corrected chi connectivity index (χ3v) is 5.99. The average Bonchev–Trinajstić information content (AvgIpc) is 3.03. The van der Waals surface area contributed by atoms with Gasteiger partial charge in [0.1, 0.15) is 6.04 Å². The smallest absolute Gasteiger partial charge is 0.256 e. The van der Waals surface area contributed by atoms with Crippen LogP contribution >= 0.6 is 11.8 Å². The molecule has 2 atom stereocenters. The summed E-state index contributed by atoms with van der Waals surface area (Å²) in [4.78, 5) is 27.5. The number of thioether (sulfide) groups is 1. The molecule has 2 aliphatic heterocycles. The van der Waals surface area contributed by atoms with Crippen LogP contribution in [0.2, 0.25) is 0 Å². The lowest BCUT2D eigenvalue weighted by atomic mass is 10.0. The van der Waals surface area contributed by atoms with Gasteiger partial charge in [-0.2, -0.15) is 11.8 Å². The van der Waals surface area contributed by atoms with Crippen LogP contribution in [0.15, 0.2) is 48.5 Å². The van der Waals surface area contributed by atoms with Crippen molar-refractivity contribution in [3.8, 4) is 11.1 Å². The molecule has 1 N–H and O–H groups in total. The molecule has 1 fully saturated rings. The Morgan fingerprint density at radius 1 is 1.12 bits per heavy atom. The van der Waals surface area contributed by atoms with Gasteiger partial charge in [-0.15, -0.1) is 0 Å². The highest BCUT2D eigenvalue weighted by Gasteiger charge is 2.42. The average molecular weight is 352 g/mol. The molecule has 5 heteroatoms. The van der Waals surface area contributed by atoms with Gasteiger partial charge in [0.2, 0.25) is 5.91 Å². The monoisotopic (exact) mass is 352 g/mol. The van der Waals surface area contributed by atoms with Crippen LogP contribution in [-0.4, -0.2) is 40.3 Å². The molecular formula is C20H20N2O2S. The zero-order valence-corrected chi connectivity index (χ0v) is 14.9. The second-order valence-electron chi connectivity index (χ2n) is 6.40. The summed E-state index contributed by atoms with van der Waals surface area (Å²) in [5, 5.41) is 3.29. The molecule has 0 bridgehead atoms. The Balaban J connectivity index is 1.72. The minimum atomic E-state index is -0.357. The molecule has 0 aromatic heterocycles. The van der Waals surface area contributed by atoms with Gasteiger partial charge < -0.3 is 10.2 Å². The van der Waals surface area contributed by atoms with E-state index < -0.39 is 0 Å². The number of hydrogen-bond donors (Lipinski definition) is 1. The van der Waals surface area contributed by atoms with E-state index in [4.69, 9.17) is 0 Å². The van der Waals surface area contributed by atoms with Crippen molar-refractivity contribution >= 4 is 29.3 Å². The zero-order chi connectivity index (χ0) is 17.4. The Bertz CT molecular complexity index is 822. The second kappa shape index (κ2) is 6.56. The van der Waals surface area contributed by atoms with E-state index in [0.717, 1.165) is 23.3 Å². The summed E-state index contributed by atoms with van der Waals surface area (Å²) in [6.07, 6.45) is 0.732. The van der Waals surface area contributed by atoms with Crippen LogP contribution < -0.4 is 5.32 Å². The summed E-state index contributed by atoms with van der Waals surface area (Å²) in [5.41, 5.74) is 3.24. The summed E-state index contributed by atoms with van der Waals surface area (Å²) in [6, 6.07) is 15.3. The number of fused-ring (bicyclic) bond motifs is 2. The Hall–Kier alpha value is -2.27. The van der Waals surface area contributed by atoms with Gasteiger partial charge in [0.25, 0.3) is 5.91 Å². The number of carbonyl (C=O) groups is 2. The van der Waals surface area contributed by atoms with E-state index >= 15 is 0 Å². The molecule has 2 aromatic carbocycles. The standard InChI is InChI=1S/C20H20N2O2S/c1-2-25-15-11-18-19(23)21-17-9-8-14(13-6-4-3-5-7-13)10-16(17)20(24)22(18)12-15/h3-10,15,18H,2,11-12H2,1H3,(H,21,23). The Morgan fingerprint density at radius 2 is 1.92 bits per heavy atom. The fourth-order valence-corrected chi connectivity index (χ4v) is 4.69. The van der Waals surface area contributed by atoms with E-state index in [1.807, 2.05) is 60.3 Å². The van der Waals surface area contributed by atoms with Crippen molar-refractivity contribution in [2.75, 3.05) is 17.6 Å². The van der Waals surface area contributed by atoms with Crippen molar-refractivity contribution in [3.63, 3.8) is 0 Å². The van der Waals surface area contributed by atoms with Crippen LogP contribution in [0.25, 0.3) is 11.1 Å². The van der Waals surface area contributed by atoms with Crippen LogP contribution in [0.5, 0.6) is 0 Å². The minimum Gasteiger partial charge on any atom is -0.325 e. The van der Waals surface area contributed by atoms with Gasteiger partial charge in [-0.25, -0.2) is 0 Å². The predicted molar refractivity (Wildman–Crippen MR) is 102 cm³/mol. The fraction of sp³-hybridized carbons (Fsp3) is 0.300. The van der Waals surface area contributed by atoms with Gasteiger partial charge in [0.15, 0.2) is 0 Å². The fourth-order valence-electron chi connectivity index (χ4n) is 3.64. The highest BCUT2D eigenvalue weighted by atomic mass is 32.2. The largest absolute Gasteiger partial charge is 0.325 e. The lowest BCUT2D eigenvalue weighted by Gasteiger charge is -2.20. The molecule has 0 saturated carbocycles. The number of carbonyl (C=O) groups excluding carboxylic acids is 2. The predicted octanol–water partition coefficient (Wildman–Crippen LogP) is 3.64. The third kappa shape index (κ3) is 2.93. The quantitative estimate of drug-likeness (QED) is 0.917. The van der Waals surface area contributed by atoms with Crippen LogP contribution in [0, 0.1) is 0 Å². The maximum absolute atomic E-state index is 13.1. The van der Waals surface area contributed by atoms with E-state index in [-0.39, 0.29) is 17.9 Å². The van der Waals surface area contributed by atoms with E-state index in [2.05, 4.69) is 12.2 Å². The Labute approximate surface area is 151 Å². The molecule has 2 heterocycles. The molecule has 2 aliphatic rings. The van der Waals surface area contributed by atoms with E-state index in [1.54, 1.807) is 4.90 Å². The molecule has 25 heavy (non-hydrogen) atoms. The van der Waals surface area contributed by atoms with E-state index in [9.17, 15) is 9.59 Å². The first-order chi connectivity index (χ1) is 12.2. The molecule has 4 nitrogen and oxygen atoms in total. The van der Waals surface area contributed by atoms with Gasteiger partial charge in [-0.3, -0.25) is 9.59 Å². The highest BCUT2D eigenvalue weighted by Crippen LogP contribution is 2.35. The summed E-state index contributed by atoms with van der Waals surface area (Å²) in [6.45, 7) is 2.75. The molecule has 2 amide bonds. The highest BCUT2D eigenvalue weighted by molar-refractivity contribution is 7.99. The number of amides is 2. The second-order valence-corrected chi connectivity index (χ2v) is 7.98. The van der Waals surface area contributed by atoms with Crippen LogP contribution in [-0.2, 0) is 4.79 Å². The van der Waals surface area contributed by atoms with Crippen LogP contribution in [0.4, 0.5) is 5.69 Å². The maximum atomic E-state index is 13.1. The van der Waals surface area contributed by atoms with Gasteiger partial charge in [0.05, 0.1) is 11.3 Å². The van der Waals surface area contributed by atoms with Gasteiger partial charge in [-0.05, 0) is 35.4 Å². The summed E-state index contributed by atoms with van der Waals surface area (Å²) < 4.78 is 0. The number of nitrogens with zero attached hydrogens (tertiary/aromatic N) is 1. The molecule has 0 radical (unpaired) electrons. The molecule has 128 valence electrons. The number of hydrogen-bond acceptors (Lipinski definition) is 3. The van der Waals surface area contributed by atoms with Crippen LogP contribution in [0.1, 0.15) is 23.7 Å². The van der Waals surface area contributed by atoms with Crippen molar-refractivity contribution in [3.05, 3.63) is 54.1 Å². The van der Waals surface area contributed by atoms with E-state index in [1.165, 1.54) is 0 Å². The molecule has 2 aromatic rings. The summed E-state index contributed by atoms with van der Waals surface area (Å²) in [7, 11) is 0. The zero-order valence-electron chi connectivity index (χ0n) is 14.1. The van der Waals surface area contributed by atoms with Gasteiger partial charge in [0, 0.05) is 11.8 Å². The van der Waals surface area contributed by atoms with Crippen molar-refractivity contribution in [2.45, 2.75) is 24.6 Å². The molecule has 4 rings (SSSR count). The SMILES string of the molecule is CCSC1CC2C(=O)Nc3ccc(-c4ccccc4)cc3C(=O)N2C1. The van der Waals surface area contributed by atoms with Crippen molar-refractivity contribution < 1.29 is 9.59 Å². The minimum absolute atomic E-state index is 0.0460. The summed E-state index contributed by atoms with van der Waals surface area (Å²) in [5.74, 6) is 0.879. The molecule has 2 unspecified atom stereocenters. The Morgan fingerprint density at radius 3 is 2.68 bits per heavy atom. The van der Waals surface area contributed by atoms with Crippen LogP contribution in [0.3, 0.4) is 0 Å². The lowest BCUT2D eigenvalue weighted by molar-refractivity contribution is -0.119. The topological polar surface area (TPSA) is 49.4 Å². The first-order valence-electron chi connectivity index (χ1n) is 8.60. The van der Waals surface area contributed by atoms with Gasteiger partial charge >= 0.3 is 0 Å². The number of nitrogens with one attached hydrogen (secondary N) is 1. The summed E-state index contributed by atoms with van der Waals surface area (Å²) >= 11 is 1.82. The first kappa shape index (κ1) is 16.2. The molecule has 1 saturated heterocycles. The van der Waals surface area contributed by atoms with Crippen molar-refractivity contribution in [1.29, 1.82) is 0 Å². The normalized spacial score (nSPS) is 22.2. The number of benzene rings is 2. The van der Waals surface area contributed by atoms with Gasteiger partial charge in [-0.1, -0.05) is 43.3 Å².